The molecule has 0 aromatic heterocycles. The molecule has 1 atom stereocenters. The maximum absolute atomic E-state index is 12.8. The monoisotopic (exact) mass is 817 g/mol. The van der Waals surface area contributed by atoms with Crippen LogP contribution in [0.4, 0.5) is 0 Å². The van der Waals surface area contributed by atoms with Gasteiger partial charge in [-0.1, -0.05) is 225 Å². The largest absolute Gasteiger partial charge is 0.462 e. The van der Waals surface area contributed by atoms with Crippen molar-refractivity contribution in [3.63, 3.8) is 0 Å². The third kappa shape index (κ3) is 45.0. The summed E-state index contributed by atoms with van der Waals surface area (Å²) in [5, 5.41) is 0. The maximum atomic E-state index is 12.8. The van der Waals surface area contributed by atoms with Crippen LogP contribution in [0.1, 0.15) is 271 Å². The van der Waals surface area contributed by atoms with Gasteiger partial charge in [-0.2, -0.15) is 0 Å². The molecule has 0 N–H and O–H groups in total. The number of unbranched alkanes of at least 4 members (excludes halogenated alkanes) is 31. The van der Waals surface area contributed by atoms with Gasteiger partial charge in [0.15, 0.2) is 6.10 Å². The van der Waals surface area contributed by atoms with Crippen LogP contribution in [0.25, 0.3) is 0 Å². The van der Waals surface area contributed by atoms with Gasteiger partial charge in [0.25, 0.3) is 0 Å². The Morgan fingerprint density at radius 1 is 0.345 bits per heavy atom. The second kappa shape index (κ2) is 47.6. The van der Waals surface area contributed by atoms with E-state index in [4.69, 9.17) is 14.2 Å². The van der Waals surface area contributed by atoms with E-state index in [1.165, 1.54) is 154 Å². The zero-order valence-corrected chi connectivity index (χ0v) is 38.8. The van der Waals surface area contributed by atoms with Crippen LogP contribution in [0.3, 0.4) is 0 Å². The van der Waals surface area contributed by atoms with Crippen molar-refractivity contribution >= 4 is 17.9 Å². The van der Waals surface area contributed by atoms with E-state index in [1.54, 1.807) is 0 Å². The Balaban J connectivity index is 4.32. The number of esters is 3. The molecule has 58 heavy (non-hydrogen) atoms. The van der Waals surface area contributed by atoms with Crippen LogP contribution in [-0.4, -0.2) is 37.2 Å². The molecule has 0 radical (unpaired) electrons. The lowest BCUT2D eigenvalue weighted by atomic mass is 10.0. The van der Waals surface area contributed by atoms with Crippen LogP contribution in [-0.2, 0) is 28.6 Å². The summed E-state index contributed by atoms with van der Waals surface area (Å²) in [4.78, 5) is 37.8. The van der Waals surface area contributed by atoms with Crippen molar-refractivity contribution in [3.8, 4) is 0 Å². The van der Waals surface area contributed by atoms with Crippen molar-refractivity contribution in [1.29, 1.82) is 0 Å². The molecule has 0 spiro atoms. The van der Waals surface area contributed by atoms with Gasteiger partial charge in [-0.25, -0.2) is 0 Å². The minimum atomic E-state index is -0.769. The van der Waals surface area contributed by atoms with E-state index in [2.05, 4.69) is 45.1 Å². The molecule has 0 amide bonds. The molecule has 0 saturated heterocycles. The fourth-order valence-electron chi connectivity index (χ4n) is 7.36. The lowest BCUT2D eigenvalue weighted by molar-refractivity contribution is -0.167. The molecule has 6 heteroatoms. The molecule has 6 nitrogen and oxygen atoms in total. The fraction of sp³-hybridized carbons (Fsp3) is 0.865. The number of carbonyl (C=O) groups excluding carboxylic acids is 3. The van der Waals surface area contributed by atoms with Crippen molar-refractivity contribution in [2.75, 3.05) is 13.2 Å². The summed E-state index contributed by atoms with van der Waals surface area (Å²) in [5.41, 5.74) is 0. The van der Waals surface area contributed by atoms with Gasteiger partial charge in [0.05, 0.1) is 0 Å². The molecule has 0 fully saturated rings. The van der Waals surface area contributed by atoms with Crippen LogP contribution >= 0.6 is 0 Å². The number of rotatable bonds is 46. The molecule has 0 bridgehead atoms. The average Bonchev–Trinajstić information content (AvgIpc) is 3.22. The van der Waals surface area contributed by atoms with Gasteiger partial charge in [-0.05, 0) is 51.4 Å². The first-order valence-electron chi connectivity index (χ1n) is 25.3. The first-order chi connectivity index (χ1) is 28.5. The quantitative estimate of drug-likeness (QED) is 0.0263. The Labute approximate surface area is 360 Å². The van der Waals surface area contributed by atoms with Crippen molar-refractivity contribution in [1.82, 2.24) is 0 Å². The van der Waals surface area contributed by atoms with Gasteiger partial charge in [0, 0.05) is 19.3 Å². The van der Waals surface area contributed by atoms with E-state index in [0.717, 1.165) is 77.0 Å². The standard InChI is InChI=1S/C52H96O6/c1-4-7-10-13-16-19-21-23-25-27-28-30-33-36-39-42-45-51(54)57-48-49(47-56-50(53)44-41-38-35-32-18-15-12-9-6-3)58-52(55)46-43-40-37-34-31-29-26-24-22-20-17-14-11-8-5-2/h19,21,25,27,49H,4-18,20,22-24,26,28-48H2,1-3H3/b21-19-,27-25-. The average molecular weight is 817 g/mol. The molecular weight excluding hydrogens is 721 g/mol. The highest BCUT2D eigenvalue weighted by molar-refractivity contribution is 5.71. The summed E-state index contributed by atoms with van der Waals surface area (Å²) in [5.74, 6) is -0.876. The number of hydrogen-bond donors (Lipinski definition) is 0. The summed E-state index contributed by atoms with van der Waals surface area (Å²) < 4.78 is 16.8. The highest BCUT2D eigenvalue weighted by Crippen LogP contribution is 2.16. The Morgan fingerprint density at radius 3 is 0.966 bits per heavy atom. The minimum Gasteiger partial charge on any atom is -0.462 e. The molecule has 0 aromatic carbocycles. The summed E-state index contributed by atoms with van der Waals surface area (Å²) in [6, 6.07) is 0. The Morgan fingerprint density at radius 2 is 0.621 bits per heavy atom. The number of hydrogen-bond acceptors (Lipinski definition) is 6. The maximum Gasteiger partial charge on any atom is 0.306 e. The smallest absolute Gasteiger partial charge is 0.306 e. The summed E-state index contributed by atoms with van der Waals surface area (Å²) in [6.07, 6.45) is 53.0. The first kappa shape index (κ1) is 55.9. The van der Waals surface area contributed by atoms with E-state index < -0.39 is 6.10 Å². The van der Waals surface area contributed by atoms with E-state index in [-0.39, 0.29) is 31.1 Å². The van der Waals surface area contributed by atoms with Gasteiger partial charge in [-0.3, -0.25) is 14.4 Å². The summed E-state index contributed by atoms with van der Waals surface area (Å²) in [6.45, 7) is 6.61. The molecule has 0 aliphatic carbocycles. The molecule has 1 unspecified atom stereocenters. The lowest BCUT2D eigenvalue weighted by Crippen LogP contribution is -2.30. The van der Waals surface area contributed by atoms with Gasteiger partial charge in [-0.15, -0.1) is 0 Å². The molecular formula is C52H96O6. The van der Waals surface area contributed by atoms with Gasteiger partial charge < -0.3 is 14.2 Å². The van der Waals surface area contributed by atoms with Crippen LogP contribution < -0.4 is 0 Å². The Bertz CT molecular complexity index is 942. The van der Waals surface area contributed by atoms with E-state index in [0.29, 0.717) is 19.3 Å². The van der Waals surface area contributed by atoms with Crippen LogP contribution in [0.2, 0.25) is 0 Å². The molecule has 0 heterocycles. The molecule has 0 saturated carbocycles. The first-order valence-corrected chi connectivity index (χ1v) is 25.3. The van der Waals surface area contributed by atoms with Crippen LogP contribution in [0, 0.1) is 0 Å². The van der Waals surface area contributed by atoms with Crippen LogP contribution in [0.15, 0.2) is 24.3 Å². The topological polar surface area (TPSA) is 78.9 Å². The number of carbonyl (C=O) groups is 3. The normalized spacial score (nSPS) is 12.1. The van der Waals surface area contributed by atoms with Crippen molar-refractivity contribution in [2.45, 2.75) is 277 Å². The second-order valence-electron chi connectivity index (χ2n) is 17.1. The third-order valence-corrected chi connectivity index (χ3v) is 11.2. The second-order valence-corrected chi connectivity index (χ2v) is 17.1. The number of allylic oxidation sites excluding steroid dienone is 4. The fourth-order valence-corrected chi connectivity index (χ4v) is 7.36. The SMILES string of the molecule is CCCCCC/C=C\C/C=C\CCCCCCCC(=O)OCC(COC(=O)CCCCCCCCCCC)OC(=O)CCCCCCCCCCCCCCCCC. The molecule has 340 valence electrons. The zero-order chi connectivity index (χ0) is 42.3. The molecule has 0 aliphatic rings. The van der Waals surface area contributed by atoms with Gasteiger partial charge >= 0.3 is 17.9 Å². The summed E-state index contributed by atoms with van der Waals surface area (Å²) in [7, 11) is 0. The molecule has 0 aliphatic heterocycles. The van der Waals surface area contributed by atoms with Crippen molar-refractivity contribution in [2.24, 2.45) is 0 Å². The van der Waals surface area contributed by atoms with Crippen LogP contribution in [0.5, 0.6) is 0 Å². The van der Waals surface area contributed by atoms with E-state index in [9.17, 15) is 14.4 Å². The van der Waals surface area contributed by atoms with Crippen molar-refractivity contribution in [3.05, 3.63) is 24.3 Å². The lowest BCUT2D eigenvalue weighted by Gasteiger charge is -2.18. The van der Waals surface area contributed by atoms with Gasteiger partial charge in [0.1, 0.15) is 13.2 Å². The zero-order valence-electron chi connectivity index (χ0n) is 38.8. The minimum absolute atomic E-state index is 0.0715. The molecule has 0 rings (SSSR count). The third-order valence-electron chi connectivity index (χ3n) is 11.2. The summed E-state index contributed by atoms with van der Waals surface area (Å²) >= 11 is 0. The van der Waals surface area contributed by atoms with E-state index >= 15 is 0 Å². The highest BCUT2D eigenvalue weighted by Gasteiger charge is 2.19. The predicted octanol–water partition coefficient (Wildman–Crippen LogP) is 16.4. The van der Waals surface area contributed by atoms with Crippen molar-refractivity contribution < 1.29 is 28.6 Å². The predicted molar refractivity (Wildman–Crippen MR) is 247 cm³/mol. The van der Waals surface area contributed by atoms with E-state index in [1.807, 2.05) is 0 Å². The Hall–Kier alpha value is -2.11. The Kier molecular flexibility index (Phi) is 45.8. The van der Waals surface area contributed by atoms with Gasteiger partial charge in [0.2, 0.25) is 0 Å². The number of ether oxygens (including phenoxy) is 3. The highest BCUT2D eigenvalue weighted by atomic mass is 16.6. The molecule has 0 aromatic rings.